The van der Waals surface area contributed by atoms with Crippen molar-refractivity contribution in [1.29, 1.82) is 0 Å². The highest BCUT2D eigenvalue weighted by molar-refractivity contribution is 5.54. The molecule has 0 bridgehead atoms. The Balaban J connectivity index is 1.65. The van der Waals surface area contributed by atoms with E-state index in [1.54, 1.807) is 0 Å². The Kier molecular flexibility index (Phi) is 4.86. The monoisotopic (exact) mass is 355 g/mol. The van der Waals surface area contributed by atoms with Crippen LogP contribution in [0.2, 0.25) is 0 Å². The third-order valence-electron chi connectivity index (χ3n) is 4.97. The van der Waals surface area contributed by atoms with Crippen LogP contribution in [0.25, 0.3) is 0 Å². The number of para-hydroxylation sites is 2. The fraction of sp³-hybridized carbons (Fsp3) is 0.400. The lowest BCUT2D eigenvalue weighted by Gasteiger charge is -2.30. The summed E-state index contributed by atoms with van der Waals surface area (Å²) < 4.78 is 17.3. The molecule has 0 spiro atoms. The maximum Gasteiger partial charge on any atom is 0.247 e. The third-order valence-corrected chi connectivity index (χ3v) is 4.97. The van der Waals surface area contributed by atoms with E-state index in [1.165, 1.54) is 0 Å². The summed E-state index contributed by atoms with van der Waals surface area (Å²) in [4.78, 5) is 11.7. The van der Waals surface area contributed by atoms with Crippen LogP contribution in [0.3, 0.4) is 0 Å². The third kappa shape index (κ3) is 3.30. The molecule has 2 heterocycles. The van der Waals surface area contributed by atoms with Gasteiger partial charge < -0.3 is 14.2 Å². The van der Waals surface area contributed by atoms with Gasteiger partial charge in [-0.05, 0) is 31.4 Å². The van der Waals surface area contributed by atoms with Crippen LogP contribution in [0.15, 0.2) is 48.5 Å². The van der Waals surface area contributed by atoms with Gasteiger partial charge in [0.05, 0.1) is 5.92 Å². The van der Waals surface area contributed by atoms with Gasteiger partial charge >= 0.3 is 0 Å². The summed E-state index contributed by atoms with van der Waals surface area (Å²) in [6.07, 6.45) is 2.47. The molecule has 0 radical (unpaired) electrons. The van der Waals surface area contributed by atoms with Crippen molar-refractivity contribution in [1.82, 2.24) is 0 Å². The van der Waals surface area contributed by atoms with Crippen molar-refractivity contribution in [2.45, 2.75) is 37.5 Å². The molecule has 4 rings (SSSR count). The summed E-state index contributed by atoms with van der Waals surface area (Å²) in [5, 5.41) is 11.9. The summed E-state index contributed by atoms with van der Waals surface area (Å²) in [5.74, 6) is 0.906. The smallest absolute Gasteiger partial charge is 0.247 e. The largest absolute Gasteiger partial charge is 0.457 e. The lowest BCUT2D eigenvalue weighted by Crippen LogP contribution is -2.37. The minimum absolute atomic E-state index is 0.00496. The number of ether oxygens (including phenoxy) is 3. The molecule has 6 nitrogen and oxygen atoms in total. The van der Waals surface area contributed by atoms with E-state index in [-0.39, 0.29) is 17.8 Å². The topological polar surface area (TPSA) is 70.8 Å². The molecule has 2 unspecified atom stereocenters. The standard InChI is InChI=1S/C20H21NO5/c22-21(23)16(13-25-19-11-5-6-12-24-19)20-14-7-1-3-9-17(14)26-18-10-4-2-8-15(18)20/h1-4,7-10,16,19-20H,5-6,11-13H2. The van der Waals surface area contributed by atoms with Crippen LogP contribution in [0.5, 0.6) is 11.5 Å². The van der Waals surface area contributed by atoms with E-state index < -0.39 is 12.0 Å². The molecule has 2 aliphatic rings. The zero-order valence-electron chi connectivity index (χ0n) is 14.4. The van der Waals surface area contributed by atoms with Crippen LogP contribution >= 0.6 is 0 Å². The molecule has 2 atom stereocenters. The highest BCUT2D eigenvalue weighted by atomic mass is 16.7. The molecule has 0 amide bonds. The first-order chi connectivity index (χ1) is 12.7. The normalized spacial score (nSPS) is 20.5. The van der Waals surface area contributed by atoms with Gasteiger partial charge in [0.25, 0.3) is 0 Å². The van der Waals surface area contributed by atoms with E-state index in [2.05, 4.69) is 0 Å². The lowest BCUT2D eigenvalue weighted by atomic mass is 9.83. The Morgan fingerprint density at radius 1 is 1.08 bits per heavy atom. The quantitative estimate of drug-likeness (QED) is 0.596. The summed E-state index contributed by atoms with van der Waals surface area (Å²) in [5.41, 5.74) is 1.64. The van der Waals surface area contributed by atoms with E-state index in [1.807, 2.05) is 48.5 Å². The molecule has 1 saturated heterocycles. The molecule has 0 N–H and O–H groups in total. The van der Waals surface area contributed by atoms with Crippen LogP contribution < -0.4 is 4.74 Å². The number of fused-ring (bicyclic) bond motifs is 2. The highest BCUT2D eigenvalue weighted by Gasteiger charge is 2.40. The maximum absolute atomic E-state index is 11.9. The second-order valence-corrected chi connectivity index (χ2v) is 6.64. The van der Waals surface area contributed by atoms with Gasteiger partial charge in [0, 0.05) is 22.7 Å². The average molecular weight is 355 g/mol. The van der Waals surface area contributed by atoms with Crippen molar-refractivity contribution in [3.8, 4) is 11.5 Å². The second kappa shape index (κ2) is 7.43. The molecular weight excluding hydrogens is 334 g/mol. The highest BCUT2D eigenvalue weighted by Crippen LogP contribution is 2.46. The van der Waals surface area contributed by atoms with Gasteiger partial charge in [-0.3, -0.25) is 10.1 Å². The van der Waals surface area contributed by atoms with Gasteiger partial charge in [0.1, 0.15) is 18.1 Å². The number of hydrogen-bond donors (Lipinski definition) is 0. The van der Waals surface area contributed by atoms with Gasteiger partial charge in [-0.15, -0.1) is 0 Å². The van der Waals surface area contributed by atoms with E-state index in [4.69, 9.17) is 14.2 Å². The number of rotatable bonds is 5. The number of benzene rings is 2. The predicted molar refractivity (Wildman–Crippen MR) is 95.1 cm³/mol. The van der Waals surface area contributed by atoms with Gasteiger partial charge in [-0.2, -0.15) is 0 Å². The molecule has 0 aromatic heterocycles. The van der Waals surface area contributed by atoms with E-state index in [9.17, 15) is 10.1 Å². The van der Waals surface area contributed by atoms with Gasteiger partial charge in [0.2, 0.25) is 6.04 Å². The fourth-order valence-corrected chi connectivity index (χ4v) is 3.69. The lowest BCUT2D eigenvalue weighted by molar-refractivity contribution is -0.531. The van der Waals surface area contributed by atoms with Crippen molar-refractivity contribution in [2.75, 3.05) is 13.2 Å². The van der Waals surface area contributed by atoms with E-state index >= 15 is 0 Å². The van der Waals surface area contributed by atoms with Crippen molar-refractivity contribution in [3.63, 3.8) is 0 Å². The number of nitrogens with zero attached hydrogens (tertiary/aromatic N) is 1. The first kappa shape index (κ1) is 17.0. The Labute approximate surface area is 151 Å². The Bertz CT molecular complexity index is 742. The van der Waals surface area contributed by atoms with E-state index in [0.717, 1.165) is 30.4 Å². The predicted octanol–water partition coefficient (Wildman–Crippen LogP) is 4.11. The molecule has 2 aromatic carbocycles. The number of hydrogen-bond acceptors (Lipinski definition) is 5. The molecular formula is C20H21NO5. The van der Waals surface area contributed by atoms with Crippen LogP contribution in [0.1, 0.15) is 36.3 Å². The van der Waals surface area contributed by atoms with Crippen molar-refractivity contribution >= 4 is 0 Å². The van der Waals surface area contributed by atoms with Crippen molar-refractivity contribution in [3.05, 3.63) is 69.8 Å². The molecule has 0 aliphatic carbocycles. The first-order valence-corrected chi connectivity index (χ1v) is 8.96. The summed E-state index contributed by atoms with van der Waals surface area (Å²) in [6.45, 7) is 0.654. The van der Waals surface area contributed by atoms with Crippen LogP contribution in [-0.4, -0.2) is 30.5 Å². The Morgan fingerprint density at radius 2 is 1.73 bits per heavy atom. The Morgan fingerprint density at radius 3 is 2.31 bits per heavy atom. The molecule has 0 saturated carbocycles. The molecule has 6 heteroatoms. The summed E-state index contributed by atoms with van der Waals surface area (Å²) >= 11 is 0. The van der Waals surface area contributed by atoms with Crippen LogP contribution in [0.4, 0.5) is 0 Å². The van der Waals surface area contributed by atoms with Gasteiger partial charge in [0.15, 0.2) is 6.29 Å². The molecule has 2 aliphatic heterocycles. The maximum atomic E-state index is 11.9. The molecule has 26 heavy (non-hydrogen) atoms. The fourth-order valence-electron chi connectivity index (χ4n) is 3.69. The zero-order valence-corrected chi connectivity index (χ0v) is 14.4. The summed E-state index contributed by atoms with van der Waals surface area (Å²) in [7, 11) is 0. The van der Waals surface area contributed by atoms with Crippen LogP contribution in [-0.2, 0) is 9.47 Å². The summed E-state index contributed by atoms with van der Waals surface area (Å²) in [6, 6.07) is 14.1. The van der Waals surface area contributed by atoms with Crippen molar-refractivity contribution in [2.24, 2.45) is 0 Å². The van der Waals surface area contributed by atoms with Crippen LogP contribution in [0, 0.1) is 10.1 Å². The molecule has 1 fully saturated rings. The van der Waals surface area contributed by atoms with Gasteiger partial charge in [-0.1, -0.05) is 36.4 Å². The first-order valence-electron chi connectivity index (χ1n) is 8.96. The van der Waals surface area contributed by atoms with Gasteiger partial charge in [-0.25, -0.2) is 0 Å². The van der Waals surface area contributed by atoms with E-state index in [0.29, 0.717) is 18.1 Å². The minimum Gasteiger partial charge on any atom is -0.457 e. The zero-order chi connectivity index (χ0) is 17.9. The average Bonchev–Trinajstić information content (AvgIpc) is 2.68. The Hall–Kier alpha value is -2.44. The number of nitro groups is 1. The SMILES string of the molecule is O=[N+]([O-])C(COC1CCCCO1)C1c2ccccc2Oc2ccccc21. The van der Waals surface area contributed by atoms with Crippen molar-refractivity contribution < 1.29 is 19.1 Å². The minimum atomic E-state index is -0.910. The molecule has 2 aromatic rings. The second-order valence-electron chi connectivity index (χ2n) is 6.64. The molecule has 136 valence electrons.